The minimum Gasteiger partial charge on any atom is -0.493 e. The first-order valence-corrected chi connectivity index (χ1v) is 5.47. The lowest BCUT2D eigenvalue weighted by Crippen LogP contribution is -2.25. The molecule has 1 rings (SSSR count). The summed E-state index contributed by atoms with van der Waals surface area (Å²) in [5.74, 6) is 1.26. The maximum absolute atomic E-state index is 5.46. The van der Waals surface area contributed by atoms with E-state index in [2.05, 4.69) is 15.9 Å². The van der Waals surface area contributed by atoms with Crippen molar-refractivity contribution in [1.82, 2.24) is 4.90 Å². The Morgan fingerprint density at radius 1 is 1.33 bits per heavy atom. The van der Waals surface area contributed by atoms with Gasteiger partial charge in [0.15, 0.2) is 11.5 Å². The molecule has 3 nitrogen and oxygen atoms in total. The van der Waals surface area contributed by atoms with E-state index in [9.17, 15) is 0 Å². The van der Waals surface area contributed by atoms with Crippen LogP contribution in [0.25, 0.3) is 0 Å². The molecule has 0 amide bonds. The SMILES string of the molecule is COc1cc(Br)ccc1OC(=S)N(C)C. The molecular weight excluding hydrogens is 278 g/mol. The van der Waals surface area contributed by atoms with Gasteiger partial charge in [0, 0.05) is 18.6 Å². The lowest BCUT2D eigenvalue weighted by molar-refractivity contribution is 0.378. The van der Waals surface area contributed by atoms with Gasteiger partial charge in [0.1, 0.15) is 0 Å². The summed E-state index contributed by atoms with van der Waals surface area (Å²) in [6.07, 6.45) is 0. The molecule has 82 valence electrons. The average molecular weight is 290 g/mol. The fourth-order valence-electron chi connectivity index (χ4n) is 0.911. The largest absolute Gasteiger partial charge is 0.493 e. The van der Waals surface area contributed by atoms with Crippen molar-refractivity contribution in [3.63, 3.8) is 0 Å². The van der Waals surface area contributed by atoms with Crippen LogP contribution in [0.3, 0.4) is 0 Å². The first-order chi connectivity index (χ1) is 7.04. The van der Waals surface area contributed by atoms with E-state index in [4.69, 9.17) is 21.7 Å². The number of nitrogens with zero attached hydrogens (tertiary/aromatic N) is 1. The van der Waals surface area contributed by atoms with Crippen molar-refractivity contribution >= 4 is 33.3 Å². The summed E-state index contributed by atoms with van der Waals surface area (Å²) in [6.45, 7) is 0. The molecule has 0 heterocycles. The first-order valence-electron chi connectivity index (χ1n) is 4.27. The van der Waals surface area contributed by atoms with Gasteiger partial charge >= 0.3 is 0 Å². The van der Waals surface area contributed by atoms with Gasteiger partial charge < -0.3 is 14.4 Å². The quantitative estimate of drug-likeness (QED) is 0.781. The Morgan fingerprint density at radius 2 is 2.00 bits per heavy atom. The lowest BCUT2D eigenvalue weighted by Gasteiger charge is -2.15. The normalized spacial score (nSPS) is 9.60. The highest BCUT2D eigenvalue weighted by molar-refractivity contribution is 9.10. The van der Waals surface area contributed by atoms with Crippen molar-refractivity contribution in [3.8, 4) is 11.5 Å². The van der Waals surface area contributed by atoms with E-state index < -0.39 is 0 Å². The summed E-state index contributed by atoms with van der Waals surface area (Å²) in [6, 6.07) is 5.50. The Labute approximate surface area is 103 Å². The molecule has 0 atom stereocenters. The summed E-state index contributed by atoms with van der Waals surface area (Å²) >= 11 is 8.39. The molecule has 1 aromatic rings. The molecule has 0 aliphatic rings. The molecule has 0 fully saturated rings. The summed E-state index contributed by atoms with van der Waals surface area (Å²) in [5, 5.41) is 0.399. The molecule has 0 aromatic heterocycles. The maximum atomic E-state index is 5.46. The summed E-state index contributed by atoms with van der Waals surface area (Å²) in [4.78, 5) is 1.72. The van der Waals surface area contributed by atoms with Gasteiger partial charge in [0.25, 0.3) is 5.17 Å². The van der Waals surface area contributed by atoms with E-state index in [1.54, 1.807) is 18.1 Å². The molecule has 15 heavy (non-hydrogen) atoms. The minimum atomic E-state index is 0.399. The lowest BCUT2D eigenvalue weighted by atomic mass is 10.3. The van der Waals surface area contributed by atoms with Crippen molar-refractivity contribution in [2.24, 2.45) is 0 Å². The fourth-order valence-corrected chi connectivity index (χ4v) is 1.34. The van der Waals surface area contributed by atoms with Gasteiger partial charge in [-0.2, -0.15) is 0 Å². The summed E-state index contributed by atoms with van der Waals surface area (Å²) in [7, 11) is 5.24. The number of methoxy groups -OCH3 is 1. The Bertz CT molecular complexity index is 368. The second kappa shape index (κ2) is 5.32. The Morgan fingerprint density at radius 3 is 2.53 bits per heavy atom. The van der Waals surface area contributed by atoms with E-state index in [0.29, 0.717) is 16.7 Å². The molecule has 0 saturated carbocycles. The van der Waals surface area contributed by atoms with Crippen LogP contribution in [0.4, 0.5) is 0 Å². The van der Waals surface area contributed by atoms with Gasteiger partial charge in [-0.05, 0) is 30.4 Å². The van der Waals surface area contributed by atoms with Gasteiger partial charge in [0.2, 0.25) is 0 Å². The number of thiocarbonyl (C=S) groups is 1. The van der Waals surface area contributed by atoms with Crippen molar-refractivity contribution in [2.45, 2.75) is 0 Å². The summed E-state index contributed by atoms with van der Waals surface area (Å²) in [5.41, 5.74) is 0. The Kier molecular flexibility index (Phi) is 4.35. The third-order valence-electron chi connectivity index (χ3n) is 1.69. The van der Waals surface area contributed by atoms with Crippen LogP contribution in [-0.4, -0.2) is 31.3 Å². The highest BCUT2D eigenvalue weighted by Gasteiger charge is 2.08. The second-order valence-corrected chi connectivity index (χ2v) is 4.32. The highest BCUT2D eigenvalue weighted by Crippen LogP contribution is 2.30. The van der Waals surface area contributed by atoms with Crippen LogP contribution in [0.15, 0.2) is 22.7 Å². The summed E-state index contributed by atoms with van der Waals surface area (Å²) < 4.78 is 11.6. The third kappa shape index (κ3) is 3.35. The van der Waals surface area contributed by atoms with Crippen LogP contribution in [0, 0.1) is 0 Å². The van der Waals surface area contributed by atoms with Crippen molar-refractivity contribution < 1.29 is 9.47 Å². The van der Waals surface area contributed by atoms with Crippen LogP contribution >= 0.6 is 28.1 Å². The van der Waals surface area contributed by atoms with E-state index in [1.807, 2.05) is 26.2 Å². The first kappa shape index (κ1) is 12.3. The van der Waals surface area contributed by atoms with E-state index in [0.717, 1.165) is 4.47 Å². The topological polar surface area (TPSA) is 21.7 Å². The smallest absolute Gasteiger partial charge is 0.264 e. The van der Waals surface area contributed by atoms with Gasteiger partial charge in [-0.15, -0.1) is 0 Å². The maximum Gasteiger partial charge on any atom is 0.264 e. The van der Waals surface area contributed by atoms with Crippen LogP contribution < -0.4 is 9.47 Å². The predicted molar refractivity (Wildman–Crippen MR) is 67.6 cm³/mol. The van der Waals surface area contributed by atoms with Crippen molar-refractivity contribution in [3.05, 3.63) is 22.7 Å². The number of halogens is 1. The van der Waals surface area contributed by atoms with Crippen molar-refractivity contribution in [2.75, 3.05) is 21.2 Å². The van der Waals surface area contributed by atoms with E-state index in [1.165, 1.54) is 0 Å². The van der Waals surface area contributed by atoms with Crippen LogP contribution in [-0.2, 0) is 0 Å². The zero-order valence-corrected chi connectivity index (χ0v) is 11.2. The molecule has 0 unspecified atom stereocenters. The van der Waals surface area contributed by atoms with Gasteiger partial charge in [-0.25, -0.2) is 0 Å². The van der Waals surface area contributed by atoms with Crippen LogP contribution in [0.1, 0.15) is 0 Å². The second-order valence-electron chi connectivity index (χ2n) is 3.06. The molecule has 0 aliphatic carbocycles. The van der Waals surface area contributed by atoms with Gasteiger partial charge in [0.05, 0.1) is 7.11 Å². The molecule has 1 aromatic carbocycles. The monoisotopic (exact) mass is 289 g/mol. The van der Waals surface area contributed by atoms with E-state index >= 15 is 0 Å². The average Bonchev–Trinajstić information content (AvgIpc) is 2.20. The molecule has 0 spiro atoms. The molecule has 0 saturated heterocycles. The number of rotatable bonds is 2. The van der Waals surface area contributed by atoms with Crippen LogP contribution in [0.2, 0.25) is 0 Å². The predicted octanol–water partition coefficient (Wildman–Crippen LogP) is 2.68. The number of hydrogen-bond acceptors (Lipinski definition) is 3. The van der Waals surface area contributed by atoms with E-state index in [-0.39, 0.29) is 0 Å². The zero-order valence-electron chi connectivity index (χ0n) is 8.78. The van der Waals surface area contributed by atoms with Gasteiger partial charge in [-0.3, -0.25) is 0 Å². The Hall–Kier alpha value is -0.810. The number of ether oxygens (including phenoxy) is 2. The molecular formula is C10H12BrNO2S. The molecule has 0 bridgehead atoms. The minimum absolute atomic E-state index is 0.399. The number of benzene rings is 1. The van der Waals surface area contributed by atoms with Gasteiger partial charge in [-0.1, -0.05) is 15.9 Å². The van der Waals surface area contributed by atoms with Crippen LogP contribution in [0.5, 0.6) is 11.5 Å². The fraction of sp³-hybridized carbons (Fsp3) is 0.300. The molecule has 0 radical (unpaired) electrons. The highest BCUT2D eigenvalue weighted by atomic mass is 79.9. The molecule has 5 heteroatoms. The number of hydrogen-bond donors (Lipinski definition) is 0. The van der Waals surface area contributed by atoms with Crippen molar-refractivity contribution in [1.29, 1.82) is 0 Å². The standard InChI is InChI=1S/C10H12BrNO2S/c1-12(2)10(15)14-8-5-4-7(11)6-9(8)13-3/h4-6H,1-3H3. The Balaban J connectivity index is 2.89. The molecule has 0 aliphatic heterocycles. The molecule has 0 N–H and O–H groups in total. The third-order valence-corrected chi connectivity index (χ3v) is 2.63. The zero-order chi connectivity index (χ0) is 11.4.